The number of hydrogen-bond acceptors (Lipinski definition) is 2. The lowest BCUT2D eigenvalue weighted by Crippen LogP contribution is -2.42. The first kappa shape index (κ1) is 16.8. The molecule has 1 aromatic rings. The van der Waals surface area contributed by atoms with Crippen molar-refractivity contribution in [2.75, 3.05) is 19.6 Å². The van der Waals surface area contributed by atoms with Crippen LogP contribution in [0.5, 0.6) is 0 Å². The second-order valence-electron chi connectivity index (χ2n) is 5.80. The highest BCUT2D eigenvalue weighted by Crippen LogP contribution is 2.13. The van der Waals surface area contributed by atoms with Crippen molar-refractivity contribution in [3.8, 4) is 0 Å². The average molecular weight is 323 g/mol. The van der Waals surface area contributed by atoms with Gasteiger partial charge in [0.05, 0.1) is 0 Å². The van der Waals surface area contributed by atoms with Crippen LogP contribution < -0.4 is 0 Å². The van der Waals surface area contributed by atoms with E-state index in [1.54, 1.807) is 17.0 Å². The molecule has 0 saturated carbocycles. The first-order valence-electron chi connectivity index (χ1n) is 7.84. The summed E-state index contributed by atoms with van der Waals surface area (Å²) in [7, 11) is 0. The molecule has 0 bridgehead atoms. The normalized spacial score (nSPS) is 15.3. The Bertz CT molecular complexity index is 508. The maximum atomic E-state index is 12.4. The fraction of sp³-hybridized carbons (Fsp3) is 0.529. The van der Waals surface area contributed by atoms with Crippen LogP contribution in [-0.2, 0) is 16.1 Å². The van der Waals surface area contributed by atoms with Crippen LogP contribution in [0.1, 0.15) is 38.2 Å². The Hall–Kier alpha value is -1.55. The number of benzene rings is 1. The largest absolute Gasteiger partial charge is 0.341 e. The molecule has 120 valence electrons. The SMILES string of the molecule is CC(=O)N(CC(=O)N1CCCCCC1)Cc1ccc(Cl)cc1. The lowest BCUT2D eigenvalue weighted by Gasteiger charge is -2.26. The third-order valence-electron chi connectivity index (χ3n) is 4.02. The molecule has 5 heteroatoms. The van der Waals surface area contributed by atoms with Crippen molar-refractivity contribution in [1.82, 2.24) is 9.80 Å². The van der Waals surface area contributed by atoms with E-state index in [4.69, 9.17) is 11.6 Å². The van der Waals surface area contributed by atoms with Crippen molar-refractivity contribution < 1.29 is 9.59 Å². The van der Waals surface area contributed by atoms with Gasteiger partial charge in [0.25, 0.3) is 0 Å². The number of likely N-dealkylation sites (tertiary alicyclic amines) is 1. The third-order valence-corrected chi connectivity index (χ3v) is 4.27. The molecule has 2 amide bonds. The highest BCUT2D eigenvalue weighted by molar-refractivity contribution is 6.30. The van der Waals surface area contributed by atoms with Gasteiger partial charge in [-0.25, -0.2) is 0 Å². The van der Waals surface area contributed by atoms with Crippen molar-refractivity contribution in [3.63, 3.8) is 0 Å². The van der Waals surface area contributed by atoms with Crippen molar-refractivity contribution >= 4 is 23.4 Å². The number of hydrogen-bond donors (Lipinski definition) is 0. The lowest BCUT2D eigenvalue weighted by molar-refractivity contribution is -0.139. The van der Waals surface area contributed by atoms with E-state index in [1.165, 1.54) is 19.8 Å². The molecule has 0 aromatic heterocycles. The molecule has 1 saturated heterocycles. The standard InChI is InChI=1S/C17H23ClN2O2/c1-14(21)20(12-15-6-8-16(18)9-7-15)13-17(22)19-10-4-2-3-5-11-19/h6-9H,2-5,10-13H2,1H3. The van der Waals surface area contributed by atoms with Gasteiger partial charge in [-0.3, -0.25) is 9.59 Å². The molecule has 1 aliphatic rings. The summed E-state index contributed by atoms with van der Waals surface area (Å²) in [5, 5.41) is 0.666. The molecule has 0 unspecified atom stereocenters. The van der Waals surface area contributed by atoms with Crippen LogP contribution in [0.4, 0.5) is 0 Å². The molecule has 0 aliphatic carbocycles. The summed E-state index contributed by atoms with van der Waals surface area (Å²) in [5.74, 6) is -0.0378. The van der Waals surface area contributed by atoms with Crippen LogP contribution >= 0.6 is 11.6 Å². The number of halogens is 1. The van der Waals surface area contributed by atoms with Gasteiger partial charge in [-0.15, -0.1) is 0 Å². The van der Waals surface area contributed by atoms with Crippen molar-refractivity contribution in [1.29, 1.82) is 0 Å². The van der Waals surface area contributed by atoms with E-state index in [1.807, 2.05) is 17.0 Å². The monoisotopic (exact) mass is 322 g/mol. The zero-order valence-electron chi connectivity index (χ0n) is 13.1. The van der Waals surface area contributed by atoms with E-state index in [0.29, 0.717) is 11.6 Å². The molecule has 2 rings (SSSR count). The Morgan fingerprint density at radius 3 is 2.23 bits per heavy atom. The summed E-state index contributed by atoms with van der Waals surface area (Å²) in [4.78, 5) is 27.7. The molecule has 22 heavy (non-hydrogen) atoms. The van der Waals surface area contributed by atoms with Crippen molar-refractivity contribution in [2.24, 2.45) is 0 Å². The summed E-state index contributed by atoms with van der Waals surface area (Å²) in [6.07, 6.45) is 4.49. The Morgan fingerprint density at radius 2 is 1.68 bits per heavy atom. The highest BCUT2D eigenvalue weighted by Gasteiger charge is 2.20. The van der Waals surface area contributed by atoms with Crippen LogP contribution in [0.3, 0.4) is 0 Å². The molecular formula is C17H23ClN2O2. The molecule has 0 N–H and O–H groups in total. The van der Waals surface area contributed by atoms with Crippen molar-refractivity contribution in [2.45, 2.75) is 39.2 Å². The summed E-state index contributed by atoms with van der Waals surface area (Å²) >= 11 is 5.87. The Morgan fingerprint density at radius 1 is 1.09 bits per heavy atom. The summed E-state index contributed by atoms with van der Waals surface area (Å²) in [6, 6.07) is 7.36. The van der Waals surface area contributed by atoms with Crippen LogP contribution in [0.25, 0.3) is 0 Å². The Labute approximate surface area is 137 Å². The lowest BCUT2D eigenvalue weighted by atomic mass is 10.2. The van der Waals surface area contributed by atoms with E-state index in [0.717, 1.165) is 31.5 Å². The fourth-order valence-corrected chi connectivity index (χ4v) is 2.80. The molecule has 0 radical (unpaired) electrons. The minimum atomic E-state index is -0.0851. The highest BCUT2D eigenvalue weighted by atomic mass is 35.5. The smallest absolute Gasteiger partial charge is 0.242 e. The van der Waals surface area contributed by atoms with E-state index in [9.17, 15) is 9.59 Å². The second-order valence-corrected chi connectivity index (χ2v) is 6.23. The molecule has 0 atom stereocenters. The van der Waals surface area contributed by atoms with Gasteiger partial charge < -0.3 is 9.80 Å². The van der Waals surface area contributed by atoms with Gasteiger partial charge in [-0.1, -0.05) is 36.6 Å². The average Bonchev–Trinajstić information content (AvgIpc) is 2.77. The fourth-order valence-electron chi connectivity index (χ4n) is 2.67. The van der Waals surface area contributed by atoms with Crippen molar-refractivity contribution in [3.05, 3.63) is 34.9 Å². The van der Waals surface area contributed by atoms with Gasteiger partial charge in [0, 0.05) is 31.6 Å². The summed E-state index contributed by atoms with van der Waals surface area (Å²) in [6.45, 7) is 3.71. The molecule has 0 spiro atoms. The second kappa shape index (κ2) is 8.18. The number of rotatable bonds is 4. The molecule has 1 aliphatic heterocycles. The zero-order valence-corrected chi connectivity index (χ0v) is 13.8. The predicted molar refractivity (Wildman–Crippen MR) is 87.6 cm³/mol. The van der Waals surface area contributed by atoms with Gasteiger partial charge in [0.2, 0.25) is 11.8 Å². The first-order valence-corrected chi connectivity index (χ1v) is 8.22. The van der Waals surface area contributed by atoms with E-state index >= 15 is 0 Å². The van der Waals surface area contributed by atoms with Gasteiger partial charge in [-0.05, 0) is 30.5 Å². The number of carbonyl (C=O) groups is 2. The van der Waals surface area contributed by atoms with Crippen LogP contribution in [-0.4, -0.2) is 41.2 Å². The summed E-state index contributed by atoms with van der Waals surface area (Å²) < 4.78 is 0. The van der Waals surface area contributed by atoms with Crippen LogP contribution in [0.15, 0.2) is 24.3 Å². The number of amides is 2. The first-order chi connectivity index (χ1) is 10.6. The van der Waals surface area contributed by atoms with E-state index in [-0.39, 0.29) is 18.4 Å². The molecule has 1 heterocycles. The van der Waals surface area contributed by atoms with E-state index < -0.39 is 0 Å². The van der Waals surface area contributed by atoms with Gasteiger partial charge in [-0.2, -0.15) is 0 Å². The Balaban J connectivity index is 1.97. The summed E-state index contributed by atoms with van der Waals surface area (Å²) in [5.41, 5.74) is 0.975. The quantitative estimate of drug-likeness (QED) is 0.854. The zero-order chi connectivity index (χ0) is 15.9. The third kappa shape index (κ3) is 5.02. The van der Waals surface area contributed by atoms with Gasteiger partial charge >= 0.3 is 0 Å². The van der Waals surface area contributed by atoms with E-state index in [2.05, 4.69) is 0 Å². The number of nitrogens with zero attached hydrogens (tertiary/aromatic N) is 2. The Kier molecular flexibility index (Phi) is 6.25. The van der Waals surface area contributed by atoms with Crippen LogP contribution in [0.2, 0.25) is 5.02 Å². The predicted octanol–water partition coefficient (Wildman–Crippen LogP) is 3.09. The maximum Gasteiger partial charge on any atom is 0.242 e. The van der Waals surface area contributed by atoms with Crippen LogP contribution in [0, 0.1) is 0 Å². The molecule has 1 aromatic carbocycles. The van der Waals surface area contributed by atoms with Gasteiger partial charge in [0.1, 0.15) is 6.54 Å². The topological polar surface area (TPSA) is 40.6 Å². The molecular weight excluding hydrogens is 300 g/mol. The molecule has 4 nitrogen and oxygen atoms in total. The van der Waals surface area contributed by atoms with Gasteiger partial charge in [0.15, 0.2) is 0 Å². The molecule has 1 fully saturated rings. The number of carbonyl (C=O) groups excluding carboxylic acids is 2. The maximum absolute atomic E-state index is 12.4. The minimum Gasteiger partial charge on any atom is -0.341 e. The minimum absolute atomic E-state index is 0.0473.